The monoisotopic (exact) mass is 400 g/mol. The van der Waals surface area contributed by atoms with Gasteiger partial charge in [-0.1, -0.05) is 5.16 Å². The molecule has 0 saturated carbocycles. The minimum absolute atomic E-state index is 0. The molecule has 0 aliphatic carbocycles. The zero-order valence-electron chi connectivity index (χ0n) is 15.9. The average Bonchev–Trinajstić information content (AvgIpc) is 3.29. The van der Waals surface area contributed by atoms with Crippen molar-refractivity contribution in [1.29, 1.82) is 0 Å². The predicted octanol–water partition coefficient (Wildman–Crippen LogP) is 2.41. The third kappa shape index (κ3) is 2.87. The maximum atomic E-state index is 4.95. The molecule has 0 unspecified atom stereocenters. The lowest BCUT2D eigenvalue weighted by Gasteiger charge is -2.04. The van der Waals surface area contributed by atoms with E-state index in [-0.39, 0.29) is 12.4 Å². The lowest BCUT2D eigenvalue weighted by atomic mass is 10.0. The molecule has 5 heterocycles. The number of nitrogens with zero attached hydrogens (tertiary/aromatic N) is 7. The van der Waals surface area contributed by atoms with Crippen LogP contribution in [0, 0.1) is 13.8 Å². The number of hydrogen-bond donors (Lipinski definition) is 1. The molecule has 0 saturated heterocycles. The minimum Gasteiger partial charge on any atom is -0.311 e. The molecule has 0 radical (unpaired) electrons. The lowest BCUT2D eigenvalue weighted by molar-refractivity contribution is 0.306. The number of rotatable bonds is 2. The van der Waals surface area contributed by atoms with Crippen LogP contribution in [0.4, 0.5) is 0 Å². The number of halogens is 1. The van der Waals surface area contributed by atoms with Gasteiger partial charge >= 0.3 is 0 Å². The number of pyridine rings is 1. The van der Waals surface area contributed by atoms with Crippen molar-refractivity contribution in [1.82, 2.24) is 40.2 Å². The molecule has 5 rings (SSSR count). The Bertz CT molecular complexity index is 1130. The Morgan fingerprint density at radius 2 is 1.96 bits per heavy atom. The molecule has 9 nitrogen and oxygen atoms in total. The van der Waals surface area contributed by atoms with Crippen molar-refractivity contribution in [2.75, 3.05) is 6.54 Å². The maximum absolute atomic E-state index is 4.95. The molecule has 0 amide bonds. The van der Waals surface area contributed by atoms with Gasteiger partial charge in [0.15, 0.2) is 5.65 Å². The summed E-state index contributed by atoms with van der Waals surface area (Å²) < 4.78 is 8.84. The second-order valence-corrected chi connectivity index (χ2v) is 6.94. The van der Waals surface area contributed by atoms with Gasteiger partial charge in [-0.25, -0.2) is 9.61 Å². The van der Waals surface area contributed by atoms with Gasteiger partial charge in [0, 0.05) is 31.4 Å². The van der Waals surface area contributed by atoms with E-state index in [0.717, 1.165) is 59.8 Å². The second kappa shape index (κ2) is 6.99. The predicted molar refractivity (Wildman–Crippen MR) is 106 cm³/mol. The van der Waals surface area contributed by atoms with Crippen molar-refractivity contribution >= 4 is 23.4 Å². The van der Waals surface area contributed by atoms with Gasteiger partial charge < -0.3 is 5.32 Å². The quantitative estimate of drug-likeness (QED) is 0.551. The van der Waals surface area contributed by atoms with Crippen LogP contribution in [-0.4, -0.2) is 41.4 Å². The Balaban J connectivity index is 0.00000192. The third-order valence-corrected chi connectivity index (χ3v) is 5.16. The van der Waals surface area contributed by atoms with E-state index in [4.69, 9.17) is 14.7 Å². The van der Waals surface area contributed by atoms with Crippen molar-refractivity contribution < 1.29 is 4.63 Å². The summed E-state index contributed by atoms with van der Waals surface area (Å²) in [5, 5.41) is 21.8. The smallest absolute Gasteiger partial charge is 0.182 e. The summed E-state index contributed by atoms with van der Waals surface area (Å²) in [6.45, 7) is 6.64. The highest BCUT2D eigenvalue weighted by molar-refractivity contribution is 5.96. The average molecular weight is 401 g/mol. The normalized spacial score (nSPS) is 14.0. The Kier molecular flexibility index (Phi) is 4.64. The first-order chi connectivity index (χ1) is 13.1. The van der Waals surface area contributed by atoms with Crippen molar-refractivity contribution in [2.24, 2.45) is 7.05 Å². The molecule has 1 N–H and O–H groups in total. The van der Waals surface area contributed by atoms with Crippen LogP contribution in [0.25, 0.3) is 33.7 Å². The molecule has 146 valence electrons. The Morgan fingerprint density at radius 3 is 2.75 bits per heavy atom. The zero-order chi connectivity index (χ0) is 18.5. The van der Waals surface area contributed by atoms with Crippen LogP contribution < -0.4 is 5.32 Å². The fourth-order valence-corrected chi connectivity index (χ4v) is 3.62. The first-order valence-electron chi connectivity index (χ1n) is 9.03. The van der Waals surface area contributed by atoms with Crippen molar-refractivity contribution in [3.63, 3.8) is 0 Å². The summed E-state index contributed by atoms with van der Waals surface area (Å²) in [5.41, 5.74) is 6.84. The first kappa shape index (κ1) is 18.6. The number of aryl methyl sites for hydroxylation is 4. The third-order valence-electron chi connectivity index (χ3n) is 5.16. The lowest BCUT2D eigenvalue weighted by Crippen LogP contribution is -2.11. The molecule has 1 aliphatic heterocycles. The van der Waals surface area contributed by atoms with E-state index in [1.54, 1.807) is 0 Å². The number of hydrogen-bond acceptors (Lipinski definition) is 7. The van der Waals surface area contributed by atoms with Crippen LogP contribution in [0.1, 0.15) is 23.5 Å². The van der Waals surface area contributed by atoms with Crippen molar-refractivity contribution in [3.05, 3.63) is 29.2 Å². The van der Waals surface area contributed by atoms with Crippen molar-refractivity contribution in [3.8, 4) is 22.6 Å². The van der Waals surface area contributed by atoms with Gasteiger partial charge in [0.05, 0.1) is 16.8 Å². The van der Waals surface area contributed by atoms with Crippen LogP contribution in [0.5, 0.6) is 0 Å². The standard InChI is InChI=1S/C18H20N8O.ClH/c1-10-17(24-27-23-10)13-8-14(20-18-16(13)11(2)25(3)22-18)15-7-12-9-19-5-4-6-26(12)21-15;/h7-8,19H,4-6,9H2,1-3H3;1H. The Labute approximate surface area is 167 Å². The molecule has 1 aliphatic rings. The summed E-state index contributed by atoms with van der Waals surface area (Å²) in [5.74, 6) is 0. The van der Waals surface area contributed by atoms with E-state index in [9.17, 15) is 0 Å². The summed E-state index contributed by atoms with van der Waals surface area (Å²) in [7, 11) is 1.92. The molecule has 0 aromatic carbocycles. The highest BCUT2D eigenvalue weighted by Crippen LogP contribution is 2.33. The van der Waals surface area contributed by atoms with Gasteiger partial charge in [0.25, 0.3) is 0 Å². The SMILES string of the molecule is Cc1nonc1-c1cc(-c2cc3n(n2)CCCNC3)nc2nn(C)c(C)c12.Cl. The first-order valence-corrected chi connectivity index (χ1v) is 9.03. The summed E-state index contributed by atoms with van der Waals surface area (Å²) in [6, 6.07) is 4.11. The molecule has 0 fully saturated rings. The van der Waals surface area contributed by atoms with Gasteiger partial charge in [-0.15, -0.1) is 12.4 Å². The highest BCUT2D eigenvalue weighted by Gasteiger charge is 2.21. The van der Waals surface area contributed by atoms with Gasteiger partial charge in [-0.3, -0.25) is 9.36 Å². The molecular formula is C18H21ClN8O. The largest absolute Gasteiger partial charge is 0.311 e. The second-order valence-electron chi connectivity index (χ2n) is 6.94. The topological polar surface area (TPSA) is 99.5 Å². The fraction of sp³-hybridized carbons (Fsp3) is 0.389. The minimum atomic E-state index is 0. The fourth-order valence-electron chi connectivity index (χ4n) is 3.62. The molecular weight excluding hydrogens is 380 g/mol. The van der Waals surface area contributed by atoms with E-state index in [0.29, 0.717) is 11.3 Å². The molecule has 0 atom stereocenters. The van der Waals surface area contributed by atoms with Gasteiger partial charge in [-0.2, -0.15) is 10.2 Å². The zero-order valence-corrected chi connectivity index (χ0v) is 16.7. The van der Waals surface area contributed by atoms with E-state index in [2.05, 4.69) is 31.5 Å². The van der Waals surface area contributed by atoms with Crippen LogP contribution in [0.2, 0.25) is 0 Å². The summed E-state index contributed by atoms with van der Waals surface area (Å²) >= 11 is 0. The van der Waals surface area contributed by atoms with E-state index < -0.39 is 0 Å². The van der Waals surface area contributed by atoms with Crippen LogP contribution in [0.3, 0.4) is 0 Å². The van der Waals surface area contributed by atoms with Crippen molar-refractivity contribution in [2.45, 2.75) is 33.4 Å². The highest BCUT2D eigenvalue weighted by atomic mass is 35.5. The molecule has 4 aromatic rings. The van der Waals surface area contributed by atoms with E-state index in [1.807, 2.05) is 31.6 Å². The molecule has 0 spiro atoms. The van der Waals surface area contributed by atoms with Crippen LogP contribution >= 0.6 is 12.4 Å². The van der Waals surface area contributed by atoms with E-state index >= 15 is 0 Å². The van der Waals surface area contributed by atoms with Crippen LogP contribution in [-0.2, 0) is 20.1 Å². The Hall–Kier alpha value is -2.78. The van der Waals surface area contributed by atoms with Crippen LogP contribution in [0.15, 0.2) is 16.8 Å². The van der Waals surface area contributed by atoms with E-state index in [1.165, 1.54) is 5.69 Å². The molecule has 28 heavy (non-hydrogen) atoms. The van der Waals surface area contributed by atoms with Gasteiger partial charge in [0.2, 0.25) is 0 Å². The molecule has 4 aromatic heterocycles. The molecule has 0 bridgehead atoms. The Morgan fingerprint density at radius 1 is 1.11 bits per heavy atom. The number of aromatic nitrogens is 7. The summed E-state index contributed by atoms with van der Waals surface area (Å²) in [6.07, 6.45) is 1.06. The maximum Gasteiger partial charge on any atom is 0.182 e. The number of nitrogens with one attached hydrogen (secondary N) is 1. The van der Waals surface area contributed by atoms with Gasteiger partial charge in [0.1, 0.15) is 17.1 Å². The van der Waals surface area contributed by atoms with Gasteiger partial charge in [-0.05, 0) is 44.1 Å². The number of fused-ring (bicyclic) bond motifs is 2. The molecule has 10 heteroatoms. The summed E-state index contributed by atoms with van der Waals surface area (Å²) in [4.78, 5) is 4.79.